The van der Waals surface area contributed by atoms with Gasteiger partial charge < -0.3 is 4.90 Å². The zero-order valence-corrected chi connectivity index (χ0v) is 12.0. The SMILES string of the molecule is CCCCN(C(=N)C1CCCCC1)C(C)CC. The molecule has 0 heterocycles. The Kier molecular flexibility index (Phi) is 6.61. The van der Waals surface area contributed by atoms with Crippen LogP contribution in [0.4, 0.5) is 0 Å². The van der Waals surface area contributed by atoms with Crippen LogP contribution in [-0.2, 0) is 0 Å². The molecule has 0 saturated heterocycles. The number of unbranched alkanes of at least 4 members (excludes halogenated alkanes) is 1. The molecule has 1 aliphatic rings. The molecule has 1 aliphatic carbocycles. The van der Waals surface area contributed by atoms with Crippen molar-refractivity contribution in [1.82, 2.24) is 4.90 Å². The summed E-state index contributed by atoms with van der Waals surface area (Å²) in [6, 6.07) is 0.538. The van der Waals surface area contributed by atoms with Crippen molar-refractivity contribution < 1.29 is 0 Å². The van der Waals surface area contributed by atoms with E-state index in [0.29, 0.717) is 12.0 Å². The molecule has 0 radical (unpaired) electrons. The third-order valence-electron chi connectivity index (χ3n) is 4.18. The second-order valence-electron chi connectivity index (χ2n) is 5.52. The van der Waals surface area contributed by atoms with Gasteiger partial charge in [0, 0.05) is 18.5 Å². The molecule has 0 bridgehead atoms. The van der Waals surface area contributed by atoms with Gasteiger partial charge in [-0.2, -0.15) is 0 Å². The molecule has 1 unspecified atom stereocenters. The molecule has 0 spiro atoms. The van der Waals surface area contributed by atoms with Gasteiger partial charge in [-0.3, -0.25) is 5.41 Å². The summed E-state index contributed by atoms with van der Waals surface area (Å²) in [5.74, 6) is 1.49. The summed E-state index contributed by atoms with van der Waals surface area (Å²) in [7, 11) is 0. The number of nitrogens with one attached hydrogen (secondary N) is 1. The fourth-order valence-electron chi connectivity index (χ4n) is 2.74. The van der Waals surface area contributed by atoms with Gasteiger partial charge in [0.1, 0.15) is 0 Å². The molecule has 0 amide bonds. The molecule has 0 aliphatic heterocycles. The van der Waals surface area contributed by atoms with Crippen LogP contribution >= 0.6 is 0 Å². The van der Waals surface area contributed by atoms with Gasteiger partial charge in [0.25, 0.3) is 0 Å². The molecular weight excluding hydrogens is 208 g/mol. The Morgan fingerprint density at radius 2 is 1.88 bits per heavy atom. The van der Waals surface area contributed by atoms with E-state index in [2.05, 4.69) is 25.7 Å². The molecule has 1 saturated carbocycles. The van der Waals surface area contributed by atoms with Gasteiger partial charge in [-0.25, -0.2) is 0 Å². The van der Waals surface area contributed by atoms with Crippen LogP contribution in [0.1, 0.15) is 72.1 Å². The fourth-order valence-corrected chi connectivity index (χ4v) is 2.74. The molecule has 0 aromatic carbocycles. The molecule has 2 heteroatoms. The van der Waals surface area contributed by atoms with Gasteiger partial charge in [0.15, 0.2) is 0 Å². The van der Waals surface area contributed by atoms with Crippen molar-refractivity contribution in [2.45, 2.75) is 78.2 Å². The van der Waals surface area contributed by atoms with Crippen molar-refractivity contribution >= 4 is 5.84 Å². The van der Waals surface area contributed by atoms with Crippen molar-refractivity contribution in [1.29, 1.82) is 5.41 Å². The minimum absolute atomic E-state index is 0.538. The summed E-state index contributed by atoms with van der Waals surface area (Å²) >= 11 is 0. The number of nitrogens with zero attached hydrogens (tertiary/aromatic N) is 1. The maximum Gasteiger partial charge on any atom is 0.0991 e. The predicted octanol–water partition coefficient (Wildman–Crippen LogP) is 4.44. The number of amidine groups is 1. The molecule has 1 fully saturated rings. The maximum absolute atomic E-state index is 8.48. The third kappa shape index (κ3) is 4.33. The first-order chi connectivity index (χ1) is 8.20. The minimum Gasteiger partial charge on any atom is -0.358 e. The average molecular weight is 238 g/mol. The Morgan fingerprint density at radius 3 is 2.41 bits per heavy atom. The molecule has 17 heavy (non-hydrogen) atoms. The highest BCUT2D eigenvalue weighted by Crippen LogP contribution is 2.26. The Bertz CT molecular complexity index is 219. The molecular formula is C15H30N2. The van der Waals surface area contributed by atoms with Gasteiger partial charge in [-0.15, -0.1) is 0 Å². The minimum atomic E-state index is 0.538. The third-order valence-corrected chi connectivity index (χ3v) is 4.18. The lowest BCUT2D eigenvalue weighted by Gasteiger charge is -2.36. The smallest absolute Gasteiger partial charge is 0.0991 e. The monoisotopic (exact) mass is 238 g/mol. The quantitative estimate of drug-likeness (QED) is 0.537. The lowest BCUT2D eigenvalue weighted by atomic mass is 9.87. The standard InChI is InChI=1S/C15H30N2/c1-4-6-12-17(13(3)5-2)15(16)14-10-8-7-9-11-14/h13-14,16H,4-12H2,1-3H3. The second-order valence-corrected chi connectivity index (χ2v) is 5.52. The number of hydrogen-bond donors (Lipinski definition) is 1. The number of hydrogen-bond acceptors (Lipinski definition) is 1. The summed E-state index contributed by atoms with van der Waals surface area (Å²) in [5, 5.41) is 8.48. The molecule has 0 aromatic rings. The van der Waals surface area contributed by atoms with Crippen molar-refractivity contribution in [2.24, 2.45) is 5.92 Å². The zero-order chi connectivity index (χ0) is 12.7. The van der Waals surface area contributed by atoms with E-state index in [-0.39, 0.29) is 0 Å². The summed E-state index contributed by atoms with van der Waals surface area (Å²) < 4.78 is 0. The molecule has 0 aromatic heterocycles. The molecule has 1 N–H and O–H groups in total. The highest BCUT2D eigenvalue weighted by molar-refractivity contribution is 5.82. The van der Waals surface area contributed by atoms with E-state index in [0.717, 1.165) is 18.8 Å². The first-order valence-corrected chi connectivity index (χ1v) is 7.55. The van der Waals surface area contributed by atoms with Gasteiger partial charge in [0.05, 0.1) is 5.84 Å². The van der Waals surface area contributed by atoms with E-state index in [1.165, 1.54) is 44.9 Å². The maximum atomic E-state index is 8.48. The van der Waals surface area contributed by atoms with Crippen LogP contribution in [0.15, 0.2) is 0 Å². The Labute approximate surface area is 107 Å². The second kappa shape index (κ2) is 7.73. The summed E-state index contributed by atoms with van der Waals surface area (Å²) in [6.07, 6.45) is 10.1. The number of rotatable bonds is 6. The normalized spacial score (nSPS) is 19.0. The van der Waals surface area contributed by atoms with Gasteiger partial charge in [-0.05, 0) is 32.6 Å². The van der Waals surface area contributed by atoms with Crippen molar-refractivity contribution in [2.75, 3.05) is 6.54 Å². The first-order valence-electron chi connectivity index (χ1n) is 7.55. The highest BCUT2D eigenvalue weighted by atomic mass is 15.2. The van der Waals surface area contributed by atoms with Crippen LogP contribution in [0.3, 0.4) is 0 Å². The van der Waals surface area contributed by atoms with E-state index in [9.17, 15) is 0 Å². The van der Waals surface area contributed by atoms with E-state index in [4.69, 9.17) is 5.41 Å². The first kappa shape index (κ1) is 14.5. The lowest BCUT2D eigenvalue weighted by molar-refractivity contribution is 0.284. The molecule has 100 valence electrons. The summed E-state index contributed by atoms with van der Waals surface area (Å²) in [4.78, 5) is 2.37. The van der Waals surface area contributed by atoms with Crippen LogP contribution in [-0.4, -0.2) is 23.3 Å². The van der Waals surface area contributed by atoms with Crippen molar-refractivity contribution in [3.8, 4) is 0 Å². The van der Waals surface area contributed by atoms with Gasteiger partial charge in [0.2, 0.25) is 0 Å². The van der Waals surface area contributed by atoms with Crippen LogP contribution in [0.25, 0.3) is 0 Å². The lowest BCUT2D eigenvalue weighted by Crippen LogP contribution is -2.42. The average Bonchev–Trinajstić information content (AvgIpc) is 2.39. The predicted molar refractivity (Wildman–Crippen MR) is 75.7 cm³/mol. The van der Waals surface area contributed by atoms with Crippen LogP contribution < -0.4 is 0 Å². The molecule has 1 atom stereocenters. The van der Waals surface area contributed by atoms with E-state index < -0.39 is 0 Å². The molecule has 1 rings (SSSR count). The van der Waals surface area contributed by atoms with E-state index >= 15 is 0 Å². The Balaban J connectivity index is 2.56. The summed E-state index contributed by atoms with van der Waals surface area (Å²) in [6.45, 7) is 7.82. The van der Waals surface area contributed by atoms with E-state index in [1.54, 1.807) is 0 Å². The van der Waals surface area contributed by atoms with Crippen LogP contribution in [0, 0.1) is 11.3 Å². The van der Waals surface area contributed by atoms with Gasteiger partial charge in [-0.1, -0.05) is 39.5 Å². The zero-order valence-electron chi connectivity index (χ0n) is 12.0. The van der Waals surface area contributed by atoms with Crippen LogP contribution in [0.2, 0.25) is 0 Å². The summed E-state index contributed by atoms with van der Waals surface area (Å²) in [5.41, 5.74) is 0. The van der Waals surface area contributed by atoms with Crippen LogP contribution in [0.5, 0.6) is 0 Å². The van der Waals surface area contributed by atoms with Crippen molar-refractivity contribution in [3.63, 3.8) is 0 Å². The van der Waals surface area contributed by atoms with E-state index in [1.807, 2.05) is 0 Å². The Morgan fingerprint density at radius 1 is 1.24 bits per heavy atom. The molecule has 2 nitrogen and oxygen atoms in total. The van der Waals surface area contributed by atoms with Gasteiger partial charge >= 0.3 is 0 Å². The fraction of sp³-hybridized carbons (Fsp3) is 0.933. The topological polar surface area (TPSA) is 27.1 Å². The Hall–Kier alpha value is -0.530. The largest absolute Gasteiger partial charge is 0.358 e. The van der Waals surface area contributed by atoms with Crippen molar-refractivity contribution in [3.05, 3.63) is 0 Å². The highest BCUT2D eigenvalue weighted by Gasteiger charge is 2.24.